The van der Waals surface area contributed by atoms with E-state index >= 15 is 0 Å². The summed E-state index contributed by atoms with van der Waals surface area (Å²) in [6.45, 7) is 9.00. The molecule has 0 unspecified atom stereocenters. The van der Waals surface area contributed by atoms with Gasteiger partial charge in [-0.25, -0.2) is 0 Å². The maximum atomic E-state index is 3.53. The van der Waals surface area contributed by atoms with Crippen molar-refractivity contribution in [2.24, 2.45) is 5.92 Å². The third-order valence-corrected chi connectivity index (χ3v) is 0. The van der Waals surface area contributed by atoms with Crippen molar-refractivity contribution in [2.75, 3.05) is 0 Å². The zero-order chi connectivity index (χ0) is 3.58. The maximum Gasteiger partial charge on any atom is 0 e. The SMILES string of the molecule is [CH2-]C([CH2-])C.[W].[W].[W].[W].[W].[W]. The van der Waals surface area contributed by atoms with Crippen LogP contribution in [0.3, 0.4) is 0 Å². The largest absolute Gasteiger partial charge is 0.370 e. The summed E-state index contributed by atoms with van der Waals surface area (Å²) in [5, 5.41) is 0. The van der Waals surface area contributed by atoms with Gasteiger partial charge in [-0.2, -0.15) is 0 Å². The number of hydrogen-bond acceptors (Lipinski definition) is 0. The molecule has 0 aromatic heterocycles. The van der Waals surface area contributed by atoms with Crippen molar-refractivity contribution in [3.63, 3.8) is 0 Å². The van der Waals surface area contributed by atoms with Crippen molar-refractivity contribution >= 4 is 0 Å². The minimum Gasteiger partial charge on any atom is -0.370 e. The minimum atomic E-state index is 0. The Morgan fingerprint density at radius 2 is 0.700 bits per heavy atom. The number of rotatable bonds is 0. The molecule has 0 aliphatic rings. The summed E-state index contributed by atoms with van der Waals surface area (Å²) in [5.41, 5.74) is 0. The van der Waals surface area contributed by atoms with Crippen LogP contribution in [0.15, 0.2) is 0 Å². The van der Waals surface area contributed by atoms with Crippen LogP contribution < -0.4 is 0 Å². The summed E-state index contributed by atoms with van der Waals surface area (Å²) in [7, 11) is 0. The molecule has 0 nitrogen and oxygen atoms in total. The normalized spacial score (nSPS) is 3.60. The summed E-state index contributed by atoms with van der Waals surface area (Å²) in [5.74, 6) is 0.333. The van der Waals surface area contributed by atoms with Crippen LogP contribution in [0.4, 0.5) is 0 Å². The third kappa shape index (κ3) is 88.1. The molecule has 0 fully saturated rings. The molecule has 0 radical (unpaired) electrons. The summed E-state index contributed by atoms with van der Waals surface area (Å²) in [6, 6.07) is 0. The van der Waals surface area contributed by atoms with Gasteiger partial charge in [0.05, 0.1) is 0 Å². The molecular weight excluding hydrogens is 1150 g/mol. The molecule has 0 rings (SSSR count). The van der Waals surface area contributed by atoms with Crippen molar-refractivity contribution in [3.05, 3.63) is 13.8 Å². The van der Waals surface area contributed by atoms with Crippen LogP contribution in [-0.2, 0) is 126 Å². The summed E-state index contributed by atoms with van der Waals surface area (Å²) in [6.07, 6.45) is 0. The van der Waals surface area contributed by atoms with E-state index in [2.05, 4.69) is 13.8 Å². The third-order valence-electron chi connectivity index (χ3n) is 0. The van der Waals surface area contributed by atoms with E-state index in [0.717, 1.165) is 0 Å². The van der Waals surface area contributed by atoms with Gasteiger partial charge in [0.25, 0.3) is 0 Å². The Kier molecular flexibility index (Phi) is 182. The van der Waals surface area contributed by atoms with Crippen LogP contribution in [0.25, 0.3) is 0 Å². The molecule has 0 atom stereocenters. The molecule has 0 N–H and O–H groups in total. The molecule has 10 heavy (non-hydrogen) atoms. The molecule has 0 heterocycles. The van der Waals surface area contributed by atoms with Crippen LogP contribution in [-0.4, -0.2) is 0 Å². The first-order valence-corrected chi connectivity index (χ1v) is 1.39. The van der Waals surface area contributed by atoms with E-state index in [4.69, 9.17) is 0 Å². The standard InChI is InChI=1S/C4H8.6W/c1-4(2)3;;;;;;/h4H,1-2H2,3H3;;;;;;/q-2;;;;;;. The maximum absolute atomic E-state index is 3.53. The molecule has 0 amide bonds. The Hall–Kier alpha value is 4.13. The van der Waals surface area contributed by atoms with E-state index in [1.165, 1.54) is 0 Å². The fourth-order valence-electron chi connectivity index (χ4n) is 0. The quantitative estimate of drug-likeness (QED) is 0.322. The molecule has 0 aromatic carbocycles. The van der Waals surface area contributed by atoms with E-state index < -0.39 is 0 Å². The van der Waals surface area contributed by atoms with Crippen molar-refractivity contribution in [2.45, 2.75) is 6.92 Å². The fourth-order valence-corrected chi connectivity index (χ4v) is 0. The van der Waals surface area contributed by atoms with Gasteiger partial charge in [0.2, 0.25) is 0 Å². The first-order valence-electron chi connectivity index (χ1n) is 1.39. The average Bonchev–Trinajstić information content (AvgIpc) is 0.811. The predicted octanol–water partition coefficient (Wildman–Crippen LogP) is 1.28. The second-order valence-electron chi connectivity index (χ2n) is 1.11. The van der Waals surface area contributed by atoms with Gasteiger partial charge in [-0.1, -0.05) is 0 Å². The van der Waals surface area contributed by atoms with Crippen LogP contribution in [0.2, 0.25) is 0 Å². The van der Waals surface area contributed by atoms with Gasteiger partial charge in [-0.15, -0.1) is 6.92 Å². The number of hydrogen-bond donors (Lipinski definition) is 0. The van der Waals surface area contributed by atoms with Gasteiger partial charge in [0.15, 0.2) is 0 Å². The molecular formula is C4H8W6-2. The summed E-state index contributed by atoms with van der Waals surface area (Å²) < 4.78 is 0. The molecule has 62 valence electrons. The van der Waals surface area contributed by atoms with Crippen molar-refractivity contribution < 1.29 is 126 Å². The Balaban J connectivity index is -0.00000000300. The first kappa shape index (κ1) is 47.9. The Morgan fingerprint density at radius 3 is 0.700 bits per heavy atom. The Labute approximate surface area is 150 Å². The molecule has 0 spiro atoms. The topological polar surface area (TPSA) is 0 Å². The second kappa shape index (κ2) is 38.0. The molecule has 0 bridgehead atoms. The molecule has 0 aliphatic heterocycles. The van der Waals surface area contributed by atoms with Crippen LogP contribution in [0, 0.1) is 19.8 Å². The predicted molar refractivity (Wildman–Crippen MR) is 19.9 cm³/mol. The zero-order valence-corrected chi connectivity index (χ0v) is 23.0. The van der Waals surface area contributed by atoms with E-state index in [1.54, 1.807) is 0 Å². The van der Waals surface area contributed by atoms with Gasteiger partial charge in [0, 0.05) is 126 Å². The molecule has 0 aliphatic carbocycles. The second-order valence-corrected chi connectivity index (χ2v) is 1.11. The van der Waals surface area contributed by atoms with E-state index in [1.807, 2.05) is 6.92 Å². The molecule has 0 aromatic rings. The van der Waals surface area contributed by atoms with E-state index in [9.17, 15) is 0 Å². The Bertz CT molecular complexity index is 14.5. The van der Waals surface area contributed by atoms with Gasteiger partial charge in [-0.3, -0.25) is 0 Å². The average molecular weight is 1160 g/mol. The molecule has 6 heteroatoms. The Morgan fingerprint density at radius 1 is 0.700 bits per heavy atom. The van der Waals surface area contributed by atoms with Gasteiger partial charge < -0.3 is 19.8 Å². The van der Waals surface area contributed by atoms with Crippen LogP contribution >= 0.6 is 0 Å². The summed E-state index contributed by atoms with van der Waals surface area (Å²) >= 11 is 0. The van der Waals surface area contributed by atoms with Gasteiger partial charge in [-0.05, 0) is 0 Å². The smallest absolute Gasteiger partial charge is 0 e. The van der Waals surface area contributed by atoms with Crippen molar-refractivity contribution in [3.8, 4) is 0 Å². The first-order chi connectivity index (χ1) is 1.73. The van der Waals surface area contributed by atoms with Crippen LogP contribution in [0.5, 0.6) is 0 Å². The van der Waals surface area contributed by atoms with Crippen LogP contribution in [0.1, 0.15) is 6.92 Å². The van der Waals surface area contributed by atoms with Gasteiger partial charge >= 0.3 is 0 Å². The minimum absolute atomic E-state index is 0. The van der Waals surface area contributed by atoms with E-state index in [0.29, 0.717) is 5.92 Å². The molecule has 0 saturated heterocycles. The summed E-state index contributed by atoms with van der Waals surface area (Å²) in [4.78, 5) is 0. The molecule has 0 saturated carbocycles. The van der Waals surface area contributed by atoms with Crippen molar-refractivity contribution in [1.82, 2.24) is 0 Å². The van der Waals surface area contributed by atoms with E-state index in [-0.39, 0.29) is 126 Å². The van der Waals surface area contributed by atoms with Gasteiger partial charge in [0.1, 0.15) is 0 Å². The van der Waals surface area contributed by atoms with Crippen molar-refractivity contribution in [1.29, 1.82) is 0 Å². The monoisotopic (exact) mass is 1160 g/mol. The fraction of sp³-hybridized carbons (Fsp3) is 0.500. The zero-order valence-electron chi connectivity index (χ0n) is 5.44.